The van der Waals surface area contributed by atoms with Gasteiger partial charge in [0.25, 0.3) is 5.91 Å². The molecular weight excluding hydrogens is 314 g/mol. The third kappa shape index (κ3) is 5.21. The summed E-state index contributed by atoms with van der Waals surface area (Å²) in [7, 11) is 0. The second-order valence-corrected chi connectivity index (χ2v) is 6.55. The molecule has 1 aromatic heterocycles. The standard InChI is InChI=1S/C20H25N3O2/c1-16-4-2-6-19(12-16)25-15-20(24)22-13-17-7-10-23(11-8-17)18-5-3-9-21-14-18/h2-6,9,12,14,17H,7-8,10-11,13,15H2,1H3,(H,22,24). The van der Waals surface area contributed by atoms with Crippen molar-refractivity contribution in [2.75, 3.05) is 31.1 Å². The molecule has 1 amide bonds. The van der Waals surface area contributed by atoms with E-state index >= 15 is 0 Å². The first kappa shape index (κ1) is 17.3. The molecule has 3 rings (SSSR count). The Hall–Kier alpha value is -2.56. The fourth-order valence-corrected chi connectivity index (χ4v) is 3.10. The minimum absolute atomic E-state index is 0.0591. The van der Waals surface area contributed by atoms with Crippen LogP contribution in [0.3, 0.4) is 0 Å². The number of anilines is 1. The molecule has 1 aliphatic rings. The van der Waals surface area contributed by atoms with Gasteiger partial charge in [0.1, 0.15) is 5.75 Å². The van der Waals surface area contributed by atoms with E-state index in [1.807, 2.05) is 43.5 Å². The molecule has 1 aromatic carbocycles. The van der Waals surface area contributed by atoms with Crippen LogP contribution < -0.4 is 15.0 Å². The third-order valence-corrected chi connectivity index (χ3v) is 4.57. The highest BCUT2D eigenvalue weighted by atomic mass is 16.5. The third-order valence-electron chi connectivity index (χ3n) is 4.57. The Balaban J connectivity index is 1.36. The van der Waals surface area contributed by atoms with E-state index in [9.17, 15) is 4.79 Å². The average molecular weight is 339 g/mol. The van der Waals surface area contributed by atoms with E-state index in [-0.39, 0.29) is 12.5 Å². The number of ether oxygens (including phenoxy) is 1. The van der Waals surface area contributed by atoms with Crippen LogP contribution in [0.25, 0.3) is 0 Å². The van der Waals surface area contributed by atoms with Crippen molar-refractivity contribution in [2.45, 2.75) is 19.8 Å². The molecule has 1 fully saturated rings. The number of pyridine rings is 1. The molecule has 1 aliphatic heterocycles. The summed E-state index contributed by atoms with van der Waals surface area (Å²) in [5, 5.41) is 3.00. The number of nitrogens with zero attached hydrogens (tertiary/aromatic N) is 2. The first-order chi connectivity index (χ1) is 12.2. The van der Waals surface area contributed by atoms with Gasteiger partial charge in [0.15, 0.2) is 6.61 Å². The zero-order valence-electron chi connectivity index (χ0n) is 14.6. The van der Waals surface area contributed by atoms with E-state index in [2.05, 4.69) is 21.3 Å². The Kier molecular flexibility index (Phi) is 5.88. The Morgan fingerprint density at radius 2 is 2.12 bits per heavy atom. The zero-order valence-corrected chi connectivity index (χ0v) is 14.6. The fourth-order valence-electron chi connectivity index (χ4n) is 3.10. The van der Waals surface area contributed by atoms with Gasteiger partial charge in [0, 0.05) is 25.8 Å². The quantitative estimate of drug-likeness (QED) is 0.879. The fraction of sp³-hybridized carbons (Fsp3) is 0.400. The van der Waals surface area contributed by atoms with Gasteiger partial charge in [-0.3, -0.25) is 9.78 Å². The van der Waals surface area contributed by atoms with Crippen molar-refractivity contribution in [3.8, 4) is 5.75 Å². The molecule has 0 saturated carbocycles. The average Bonchev–Trinajstić information content (AvgIpc) is 2.66. The van der Waals surface area contributed by atoms with Gasteiger partial charge < -0.3 is 15.0 Å². The summed E-state index contributed by atoms with van der Waals surface area (Å²) in [6.45, 7) is 4.80. The summed E-state index contributed by atoms with van der Waals surface area (Å²) >= 11 is 0. The van der Waals surface area contributed by atoms with E-state index in [1.165, 1.54) is 5.69 Å². The lowest BCUT2D eigenvalue weighted by molar-refractivity contribution is -0.123. The lowest BCUT2D eigenvalue weighted by Gasteiger charge is -2.33. The lowest BCUT2D eigenvalue weighted by atomic mass is 9.96. The van der Waals surface area contributed by atoms with Gasteiger partial charge in [0.05, 0.1) is 11.9 Å². The number of amides is 1. The van der Waals surface area contributed by atoms with Crippen LogP contribution in [0.4, 0.5) is 5.69 Å². The van der Waals surface area contributed by atoms with Crippen LogP contribution in [0, 0.1) is 12.8 Å². The Morgan fingerprint density at radius 3 is 2.84 bits per heavy atom. The summed E-state index contributed by atoms with van der Waals surface area (Å²) in [6, 6.07) is 11.8. The smallest absolute Gasteiger partial charge is 0.257 e. The minimum atomic E-state index is -0.0591. The summed E-state index contributed by atoms with van der Waals surface area (Å²) < 4.78 is 5.54. The maximum atomic E-state index is 12.0. The molecule has 0 spiro atoms. The number of aromatic nitrogens is 1. The van der Waals surface area contributed by atoms with Crippen molar-refractivity contribution in [3.05, 3.63) is 54.4 Å². The molecule has 0 atom stereocenters. The molecule has 0 unspecified atom stereocenters. The number of benzene rings is 1. The van der Waals surface area contributed by atoms with E-state index in [4.69, 9.17) is 4.74 Å². The molecule has 1 N–H and O–H groups in total. The highest BCUT2D eigenvalue weighted by molar-refractivity contribution is 5.77. The first-order valence-electron chi connectivity index (χ1n) is 8.82. The molecule has 1 saturated heterocycles. The topological polar surface area (TPSA) is 54.5 Å². The number of nitrogens with one attached hydrogen (secondary N) is 1. The number of hydrogen-bond donors (Lipinski definition) is 1. The van der Waals surface area contributed by atoms with Crippen LogP contribution in [-0.4, -0.2) is 37.1 Å². The summed E-state index contributed by atoms with van der Waals surface area (Å²) in [6.07, 6.45) is 5.86. The van der Waals surface area contributed by atoms with Crippen molar-refractivity contribution in [1.29, 1.82) is 0 Å². The highest BCUT2D eigenvalue weighted by Gasteiger charge is 2.20. The molecule has 132 valence electrons. The molecule has 2 aromatic rings. The number of carbonyl (C=O) groups excluding carboxylic acids is 1. The van der Waals surface area contributed by atoms with E-state index in [0.717, 1.165) is 43.8 Å². The molecule has 0 radical (unpaired) electrons. The number of carbonyl (C=O) groups is 1. The highest BCUT2D eigenvalue weighted by Crippen LogP contribution is 2.22. The molecule has 0 aliphatic carbocycles. The number of piperidine rings is 1. The predicted octanol–water partition coefficient (Wildman–Crippen LogP) is 2.80. The maximum Gasteiger partial charge on any atom is 0.257 e. The Labute approximate surface area is 149 Å². The van der Waals surface area contributed by atoms with Gasteiger partial charge >= 0.3 is 0 Å². The van der Waals surface area contributed by atoms with Crippen molar-refractivity contribution in [1.82, 2.24) is 10.3 Å². The minimum Gasteiger partial charge on any atom is -0.484 e. The van der Waals surface area contributed by atoms with Crippen LogP contribution >= 0.6 is 0 Å². The number of hydrogen-bond acceptors (Lipinski definition) is 4. The molecule has 5 nitrogen and oxygen atoms in total. The van der Waals surface area contributed by atoms with Crippen molar-refractivity contribution >= 4 is 11.6 Å². The van der Waals surface area contributed by atoms with Crippen LogP contribution in [0.2, 0.25) is 0 Å². The van der Waals surface area contributed by atoms with Crippen LogP contribution in [0.5, 0.6) is 5.75 Å². The van der Waals surface area contributed by atoms with Crippen LogP contribution in [0.15, 0.2) is 48.8 Å². The maximum absolute atomic E-state index is 12.0. The molecule has 2 heterocycles. The second-order valence-electron chi connectivity index (χ2n) is 6.55. The monoisotopic (exact) mass is 339 g/mol. The second kappa shape index (κ2) is 8.51. The zero-order chi connectivity index (χ0) is 17.5. The van der Waals surface area contributed by atoms with Gasteiger partial charge in [-0.25, -0.2) is 0 Å². The van der Waals surface area contributed by atoms with Crippen molar-refractivity contribution < 1.29 is 9.53 Å². The van der Waals surface area contributed by atoms with Gasteiger partial charge in [-0.15, -0.1) is 0 Å². The van der Waals surface area contributed by atoms with Crippen LogP contribution in [0.1, 0.15) is 18.4 Å². The summed E-state index contributed by atoms with van der Waals surface area (Å²) in [5.74, 6) is 1.20. The van der Waals surface area contributed by atoms with Gasteiger partial charge in [-0.2, -0.15) is 0 Å². The molecule has 5 heteroatoms. The molecule has 0 bridgehead atoms. The normalized spacial score (nSPS) is 15.0. The predicted molar refractivity (Wildman–Crippen MR) is 98.9 cm³/mol. The molecular formula is C20H25N3O2. The van der Waals surface area contributed by atoms with E-state index in [1.54, 1.807) is 6.20 Å². The van der Waals surface area contributed by atoms with E-state index in [0.29, 0.717) is 5.92 Å². The number of aryl methyl sites for hydroxylation is 1. The van der Waals surface area contributed by atoms with Crippen molar-refractivity contribution in [3.63, 3.8) is 0 Å². The summed E-state index contributed by atoms with van der Waals surface area (Å²) in [4.78, 5) is 18.5. The largest absolute Gasteiger partial charge is 0.484 e. The van der Waals surface area contributed by atoms with Crippen LogP contribution in [-0.2, 0) is 4.79 Å². The SMILES string of the molecule is Cc1cccc(OCC(=O)NCC2CCN(c3cccnc3)CC2)c1. The Bertz CT molecular complexity index is 682. The first-order valence-corrected chi connectivity index (χ1v) is 8.82. The van der Waals surface area contributed by atoms with Gasteiger partial charge in [-0.05, 0) is 55.5 Å². The molecule has 25 heavy (non-hydrogen) atoms. The van der Waals surface area contributed by atoms with Gasteiger partial charge in [-0.1, -0.05) is 12.1 Å². The van der Waals surface area contributed by atoms with E-state index < -0.39 is 0 Å². The lowest BCUT2D eigenvalue weighted by Crippen LogP contribution is -2.39. The van der Waals surface area contributed by atoms with Gasteiger partial charge in [0.2, 0.25) is 0 Å². The Morgan fingerprint density at radius 1 is 1.28 bits per heavy atom. The summed E-state index contributed by atoms with van der Waals surface area (Å²) in [5.41, 5.74) is 2.30. The number of rotatable bonds is 6. The van der Waals surface area contributed by atoms with Crippen molar-refractivity contribution in [2.24, 2.45) is 5.92 Å².